The van der Waals surface area contributed by atoms with Gasteiger partial charge >= 0.3 is 0 Å². The first-order valence-corrected chi connectivity index (χ1v) is 7.30. The molecule has 1 heterocycles. The molecule has 86 valence electrons. The van der Waals surface area contributed by atoms with Gasteiger partial charge in [-0.25, -0.2) is 0 Å². The summed E-state index contributed by atoms with van der Waals surface area (Å²) in [5, 5.41) is 0.805. The normalized spacial score (nSPS) is 31.1. The second-order valence-corrected chi connectivity index (χ2v) is 5.57. The summed E-state index contributed by atoms with van der Waals surface area (Å²) in [6.07, 6.45) is 8.53. The second-order valence-electron chi connectivity index (χ2n) is 4.78. The zero-order chi connectivity index (χ0) is 10.7. The molecule has 2 aliphatic rings. The fourth-order valence-electron chi connectivity index (χ4n) is 3.16. The fourth-order valence-corrected chi connectivity index (χ4v) is 3.50. The standard InChI is InChI=1S/C12H20BrNO/c13-8-7-12(15)14-9-3-5-10-4-1-2-6-11(10)14/h10-11H,1-9H2/t10-,11-/m1/s1. The van der Waals surface area contributed by atoms with Gasteiger partial charge in [0, 0.05) is 24.3 Å². The van der Waals surface area contributed by atoms with Crippen LogP contribution in [0.25, 0.3) is 0 Å². The van der Waals surface area contributed by atoms with Crippen LogP contribution in [-0.2, 0) is 4.79 Å². The summed E-state index contributed by atoms with van der Waals surface area (Å²) in [6.45, 7) is 1.01. The van der Waals surface area contributed by atoms with Crippen molar-refractivity contribution in [1.82, 2.24) is 4.90 Å². The van der Waals surface area contributed by atoms with E-state index in [1.165, 1.54) is 38.5 Å². The van der Waals surface area contributed by atoms with Gasteiger partial charge in [0.1, 0.15) is 0 Å². The smallest absolute Gasteiger partial charge is 0.223 e. The second kappa shape index (κ2) is 5.33. The highest BCUT2D eigenvalue weighted by molar-refractivity contribution is 9.09. The minimum Gasteiger partial charge on any atom is -0.339 e. The number of fused-ring (bicyclic) bond motifs is 1. The maximum Gasteiger partial charge on any atom is 0.223 e. The van der Waals surface area contributed by atoms with Crippen LogP contribution in [0.1, 0.15) is 44.9 Å². The van der Waals surface area contributed by atoms with Crippen molar-refractivity contribution in [3.8, 4) is 0 Å². The highest BCUT2D eigenvalue weighted by Gasteiger charge is 2.34. The predicted molar refractivity (Wildman–Crippen MR) is 65.1 cm³/mol. The van der Waals surface area contributed by atoms with Gasteiger partial charge < -0.3 is 4.90 Å². The Hall–Kier alpha value is -0.0500. The van der Waals surface area contributed by atoms with Crippen LogP contribution in [0.4, 0.5) is 0 Å². The maximum absolute atomic E-state index is 11.9. The molecule has 0 aromatic carbocycles. The molecule has 2 nitrogen and oxygen atoms in total. The number of hydrogen-bond acceptors (Lipinski definition) is 1. The fraction of sp³-hybridized carbons (Fsp3) is 0.917. The lowest BCUT2D eigenvalue weighted by Crippen LogP contribution is -2.49. The third-order valence-electron chi connectivity index (χ3n) is 3.87. The molecule has 0 bridgehead atoms. The van der Waals surface area contributed by atoms with E-state index in [1.54, 1.807) is 0 Å². The molecule has 0 aromatic rings. The lowest BCUT2D eigenvalue weighted by atomic mass is 9.78. The number of rotatable bonds is 2. The Morgan fingerprint density at radius 2 is 1.93 bits per heavy atom. The quantitative estimate of drug-likeness (QED) is 0.709. The van der Waals surface area contributed by atoms with Crippen molar-refractivity contribution in [3.63, 3.8) is 0 Å². The molecule has 0 unspecified atom stereocenters. The molecule has 2 atom stereocenters. The summed E-state index contributed by atoms with van der Waals surface area (Å²) >= 11 is 3.36. The average molecular weight is 274 g/mol. The van der Waals surface area contributed by atoms with Gasteiger partial charge in [-0.1, -0.05) is 28.8 Å². The van der Waals surface area contributed by atoms with E-state index in [-0.39, 0.29) is 0 Å². The monoisotopic (exact) mass is 273 g/mol. The summed E-state index contributed by atoms with van der Waals surface area (Å²) < 4.78 is 0. The van der Waals surface area contributed by atoms with Gasteiger partial charge in [0.05, 0.1) is 0 Å². The predicted octanol–water partition coefficient (Wildman–Crippen LogP) is 2.95. The number of carbonyl (C=O) groups is 1. The van der Waals surface area contributed by atoms with Gasteiger partial charge in [0.2, 0.25) is 5.91 Å². The number of hydrogen-bond donors (Lipinski definition) is 0. The Labute approximate surface area is 101 Å². The number of likely N-dealkylation sites (tertiary alicyclic amines) is 1. The van der Waals surface area contributed by atoms with E-state index in [0.717, 1.165) is 17.8 Å². The van der Waals surface area contributed by atoms with Gasteiger partial charge in [-0.3, -0.25) is 4.79 Å². The summed E-state index contributed by atoms with van der Waals surface area (Å²) in [7, 11) is 0. The molecule has 1 aliphatic carbocycles. The van der Waals surface area contributed by atoms with Crippen LogP contribution in [0.3, 0.4) is 0 Å². The SMILES string of the molecule is O=C(CCBr)N1CCC[C@H]2CCCC[C@H]21. The Morgan fingerprint density at radius 1 is 1.20 bits per heavy atom. The first-order valence-electron chi connectivity index (χ1n) is 6.18. The number of amides is 1. The van der Waals surface area contributed by atoms with Crippen LogP contribution in [0, 0.1) is 5.92 Å². The molecular formula is C12H20BrNO. The molecule has 0 N–H and O–H groups in total. The molecule has 2 rings (SSSR count). The largest absolute Gasteiger partial charge is 0.339 e. The third-order valence-corrected chi connectivity index (χ3v) is 4.27. The van der Waals surface area contributed by atoms with Crippen molar-refractivity contribution in [2.75, 3.05) is 11.9 Å². The molecule has 3 heteroatoms. The van der Waals surface area contributed by atoms with Crippen molar-refractivity contribution >= 4 is 21.8 Å². The molecule has 15 heavy (non-hydrogen) atoms. The third kappa shape index (κ3) is 2.55. The molecule has 0 radical (unpaired) electrons. The van der Waals surface area contributed by atoms with Crippen molar-refractivity contribution in [2.45, 2.75) is 51.0 Å². The Bertz CT molecular complexity index is 230. The molecular weight excluding hydrogens is 254 g/mol. The Balaban J connectivity index is 2.00. The van der Waals surface area contributed by atoms with Gasteiger partial charge in [-0.2, -0.15) is 0 Å². The van der Waals surface area contributed by atoms with Crippen molar-refractivity contribution in [1.29, 1.82) is 0 Å². The minimum atomic E-state index is 0.364. The van der Waals surface area contributed by atoms with E-state index in [4.69, 9.17) is 0 Å². The van der Waals surface area contributed by atoms with Crippen LogP contribution in [0.5, 0.6) is 0 Å². The molecule has 1 saturated carbocycles. The van der Waals surface area contributed by atoms with E-state index in [2.05, 4.69) is 20.8 Å². The number of piperidine rings is 1. The Morgan fingerprint density at radius 3 is 2.73 bits per heavy atom. The van der Waals surface area contributed by atoms with Crippen LogP contribution in [0.2, 0.25) is 0 Å². The van der Waals surface area contributed by atoms with Crippen LogP contribution in [-0.4, -0.2) is 28.7 Å². The van der Waals surface area contributed by atoms with E-state index < -0.39 is 0 Å². The maximum atomic E-state index is 11.9. The van der Waals surface area contributed by atoms with Gasteiger partial charge in [-0.05, 0) is 31.6 Å². The zero-order valence-corrected chi connectivity index (χ0v) is 10.8. The number of nitrogens with zero attached hydrogens (tertiary/aromatic N) is 1. The lowest BCUT2D eigenvalue weighted by Gasteiger charge is -2.44. The van der Waals surface area contributed by atoms with Crippen LogP contribution in [0.15, 0.2) is 0 Å². The van der Waals surface area contributed by atoms with Gasteiger partial charge in [0.25, 0.3) is 0 Å². The van der Waals surface area contributed by atoms with E-state index in [9.17, 15) is 4.79 Å². The van der Waals surface area contributed by atoms with Crippen molar-refractivity contribution in [3.05, 3.63) is 0 Å². The minimum absolute atomic E-state index is 0.364. The molecule has 1 aliphatic heterocycles. The van der Waals surface area contributed by atoms with Gasteiger partial charge in [-0.15, -0.1) is 0 Å². The number of alkyl halides is 1. The first-order chi connectivity index (χ1) is 7.33. The molecule has 0 aromatic heterocycles. The topological polar surface area (TPSA) is 20.3 Å². The van der Waals surface area contributed by atoms with E-state index in [1.807, 2.05) is 0 Å². The molecule has 2 fully saturated rings. The average Bonchev–Trinajstić information content (AvgIpc) is 2.28. The lowest BCUT2D eigenvalue weighted by molar-refractivity contribution is -0.137. The summed E-state index contributed by atoms with van der Waals surface area (Å²) in [5.74, 6) is 1.18. The zero-order valence-electron chi connectivity index (χ0n) is 9.25. The van der Waals surface area contributed by atoms with E-state index in [0.29, 0.717) is 18.4 Å². The number of carbonyl (C=O) groups excluding carboxylic acids is 1. The van der Waals surface area contributed by atoms with Crippen LogP contribution >= 0.6 is 15.9 Å². The molecule has 1 amide bonds. The molecule has 0 spiro atoms. The Kier molecular flexibility index (Phi) is 4.06. The first kappa shape index (κ1) is 11.4. The van der Waals surface area contributed by atoms with Crippen molar-refractivity contribution in [2.24, 2.45) is 5.92 Å². The summed E-state index contributed by atoms with van der Waals surface area (Å²) in [5.41, 5.74) is 0. The summed E-state index contributed by atoms with van der Waals surface area (Å²) in [6, 6.07) is 0.582. The molecule has 1 saturated heterocycles. The summed E-state index contributed by atoms with van der Waals surface area (Å²) in [4.78, 5) is 14.1. The van der Waals surface area contributed by atoms with Crippen LogP contribution < -0.4 is 0 Å². The van der Waals surface area contributed by atoms with Gasteiger partial charge in [0.15, 0.2) is 0 Å². The highest BCUT2D eigenvalue weighted by atomic mass is 79.9. The van der Waals surface area contributed by atoms with E-state index >= 15 is 0 Å². The number of halogens is 1. The highest BCUT2D eigenvalue weighted by Crippen LogP contribution is 2.35. The van der Waals surface area contributed by atoms with Crippen molar-refractivity contribution < 1.29 is 4.79 Å².